The zero-order chi connectivity index (χ0) is 55.0. The first-order valence-electron chi connectivity index (χ1n) is 26.2. The van der Waals surface area contributed by atoms with Gasteiger partial charge in [0.2, 0.25) is 35.6 Å². The van der Waals surface area contributed by atoms with Crippen LogP contribution >= 0.6 is 0 Å². The highest BCUT2D eigenvalue weighted by molar-refractivity contribution is 6.03. The van der Waals surface area contributed by atoms with Gasteiger partial charge in [-0.2, -0.15) is 9.97 Å². The van der Waals surface area contributed by atoms with Gasteiger partial charge < -0.3 is 55.2 Å². The van der Waals surface area contributed by atoms with Gasteiger partial charge in [0.15, 0.2) is 0 Å². The maximum atomic E-state index is 13.0. The van der Waals surface area contributed by atoms with E-state index >= 15 is 0 Å². The lowest BCUT2D eigenvalue weighted by Crippen LogP contribution is -2.34. The molecule has 78 heavy (non-hydrogen) atoms. The first-order valence-corrected chi connectivity index (χ1v) is 26.2. The predicted molar refractivity (Wildman–Crippen MR) is 307 cm³/mol. The first-order chi connectivity index (χ1) is 37.4. The number of nitrogens with zero attached hydrogens (tertiary/aromatic N) is 13. The molecule has 3 aromatic heterocycles. The van der Waals surface area contributed by atoms with E-state index in [-0.39, 0.29) is 28.7 Å². The summed E-state index contributed by atoms with van der Waals surface area (Å²) in [5.41, 5.74) is 8.85. The van der Waals surface area contributed by atoms with E-state index in [4.69, 9.17) is 24.4 Å². The molecule has 0 spiro atoms. The van der Waals surface area contributed by atoms with Gasteiger partial charge in [-0.25, -0.2) is 19.9 Å². The number of hydrogen-bond donors (Lipinski definition) is 4. The molecule has 0 saturated carbocycles. The number of methoxy groups -OCH3 is 2. The van der Waals surface area contributed by atoms with Crippen LogP contribution in [0.3, 0.4) is 0 Å². The fourth-order valence-electron chi connectivity index (χ4n) is 11.1. The Morgan fingerprint density at radius 3 is 1.73 bits per heavy atom. The summed E-state index contributed by atoms with van der Waals surface area (Å²) in [5.74, 6) is 2.10. The molecule has 4 aliphatic heterocycles. The first kappa shape index (κ1) is 53.0. The molecule has 21 nitrogen and oxygen atoms in total. The number of pyridine rings is 1. The summed E-state index contributed by atoms with van der Waals surface area (Å²) in [6.07, 6.45) is 9.35. The monoisotopic (exact) mass is 1060 g/mol. The molecule has 4 aliphatic rings. The summed E-state index contributed by atoms with van der Waals surface area (Å²) in [6.45, 7) is 21.2. The molecule has 2 saturated heterocycles. The SMILES string of the molecule is C=CC(=O)Nc1cc(Nc2ncnc(N3CC(C)(C)c4ncc(CN(C)[C@@H]5CCN(c6cc(OC)c(Nc7ncnc(N8CC(C)(C)c9ccccc98)n7)cc6NC(=O)C=C)C5)cc43)n2)c(OC)cc1N1CC[C@@H](N(C)C)C1. The summed E-state index contributed by atoms with van der Waals surface area (Å²) >= 11 is 0. The Hall–Kier alpha value is -8.43. The largest absolute Gasteiger partial charge is 0.494 e. The van der Waals surface area contributed by atoms with Gasteiger partial charge in [0.1, 0.15) is 24.2 Å². The van der Waals surface area contributed by atoms with Crippen LogP contribution in [0.5, 0.6) is 11.5 Å². The Morgan fingerprint density at radius 1 is 0.667 bits per heavy atom. The molecule has 10 rings (SSSR count). The fourth-order valence-corrected chi connectivity index (χ4v) is 11.1. The van der Waals surface area contributed by atoms with Gasteiger partial charge in [0, 0.05) is 92.7 Å². The Morgan fingerprint density at radius 2 is 1.19 bits per heavy atom. The van der Waals surface area contributed by atoms with E-state index < -0.39 is 0 Å². The second-order valence-electron chi connectivity index (χ2n) is 21.8. The van der Waals surface area contributed by atoms with Crippen LogP contribution in [0.4, 0.5) is 69.3 Å². The van der Waals surface area contributed by atoms with Crippen LogP contribution in [0.15, 0.2) is 98.8 Å². The molecular formula is C57H69N17O4. The Bertz CT molecular complexity index is 3280. The van der Waals surface area contributed by atoms with Crippen LogP contribution in [-0.2, 0) is 27.0 Å². The normalized spacial score (nSPS) is 18.0. The molecule has 0 radical (unpaired) electrons. The topological polar surface area (TPSA) is 210 Å². The lowest BCUT2D eigenvalue weighted by atomic mass is 9.87. The molecule has 7 heterocycles. The third kappa shape index (κ3) is 10.7. The fraction of sp³-hybridized carbons (Fsp3) is 0.386. The zero-order valence-corrected chi connectivity index (χ0v) is 46.0. The number of carbonyl (C=O) groups is 2. The van der Waals surface area contributed by atoms with Crippen molar-refractivity contribution in [3.05, 3.63) is 116 Å². The third-order valence-corrected chi connectivity index (χ3v) is 15.3. The highest BCUT2D eigenvalue weighted by Gasteiger charge is 2.40. The van der Waals surface area contributed by atoms with Crippen molar-refractivity contribution in [2.75, 3.05) is 115 Å². The number of carbonyl (C=O) groups excluding carboxylic acids is 2. The molecule has 0 unspecified atom stereocenters. The summed E-state index contributed by atoms with van der Waals surface area (Å²) in [5, 5.41) is 12.7. The van der Waals surface area contributed by atoms with E-state index in [2.05, 4.69) is 157 Å². The Balaban J connectivity index is 0.852. The van der Waals surface area contributed by atoms with Crippen molar-refractivity contribution in [1.82, 2.24) is 44.7 Å². The van der Waals surface area contributed by atoms with Crippen molar-refractivity contribution in [3.8, 4) is 11.5 Å². The molecule has 406 valence electrons. The van der Waals surface area contributed by atoms with Crippen molar-refractivity contribution in [1.29, 1.82) is 0 Å². The van der Waals surface area contributed by atoms with Crippen molar-refractivity contribution in [2.24, 2.45) is 0 Å². The van der Waals surface area contributed by atoms with Gasteiger partial charge in [0.25, 0.3) is 0 Å². The number of amides is 2. The van der Waals surface area contributed by atoms with Crippen molar-refractivity contribution in [2.45, 2.75) is 70.0 Å². The lowest BCUT2D eigenvalue weighted by molar-refractivity contribution is -0.112. The van der Waals surface area contributed by atoms with E-state index in [1.807, 2.05) is 36.5 Å². The van der Waals surface area contributed by atoms with Gasteiger partial charge in [-0.15, -0.1) is 0 Å². The number of fused-ring (bicyclic) bond motifs is 2. The number of anilines is 12. The molecule has 21 heteroatoms. The number of para-hydroxylation sites is 1. The van der Waals surface area contributed by atoms with Crippen LogP contribution in [0.25, 0.3) is 0 Å². The highest BCUT2D eigenvalue weighted by atomic mass is 16.5. The summed E-state index contributed by atoms with van der Waals surface area (Å²) in [6, 6.07) is 18.6. The minimum atomic E-state index is -0.338. The molecule has 0 bridgehead atoms. The summed E-state index contributed by atoms with van der Waals surface area (Å²) in [7, 11) is 9.54. The molecule has 6 aromatic rings. The molecular weight excluding hydrogens is 987 g/mol. The number of likely N-dealkylation sites (N-methyl/N-ethyl adjacent to an activating group) is 2. The maximum absolute atomic E-state index is 13.0. The maximum Gasteiger partial charge on any atom is 0.247 e. The van der Waals surface area contributed by atoms with Crippen LogP contribution in [0.2, 0.25) is 0 Å². The van der Waals surface area contributed by atoms with E-state index in [1.165, 1.54) is 30.4 Å². The minimum absolute atomic E-state index is 0.0883. The number of aromatic nitrogens is 7. The van der Waals surface area contributed by atoms with E-state index in [9.17, 15) is 9.59 Å². The molecule has 0 aliphatic carbocycles. The number of nitrogens with one attached hydrogen (secondary N) is 4. The lowest BCUT2D eigenvalue weighted by Gasteiger charge is -2.27. The average molecular weight is 1060 g/mol. The number of rotatable bonds is 18. The zero-order valence-electron chi connectivity index (χ0n) is 46.0. The third-order valence-electron chi connectivity index (χ3n) is 15.3. The molecule has 2 fully saturated rings. The van der Waals surface area contributed by atoms with Crippen molar-refractivity contribution < 1.29 is 19.1 Å². The number of ether oxygens (including phenoxy) is 2. The average Bonchev–Trinajstić information content (AvgIpc) is 4.28. The number of hydrogen-bond acceptors (Lipinski definition) is 19. The summed E-state index contributed by atoms with van der Waals surface area (Å²) < 4.78 is 11.9. The Labute approximate surface area is 455 Å². The van der Waals surface area contributed by atoms with Gasteiger partial charge in [-0.1, -0.05) is 59.1 Å². The van der Waals surface area contributed by atoms with E-state index in [1.54, 1.807) is 14.2 Å². The van der Waals surface area contributed by atoms with Gasteiger partial charge in [0.05, 0.1) is 59.7 Å². The number of benzene rings is 3. The van der Waals surface area contributed by atoms with Crippen molar-refractivity contribution >= 4 is 81.1 Å². The molecule has 4 N–H and O–H groups in total. The predicted octanol–water partition coefficient (Wildman–Crippen LogP) is 7.91. The minimum Gasteiger partial charge on any atom is -0.494 e. The standard InChI is InChI=1S/C57H69N17O4/c1-12-49(75)63-39-23-41(47(77-10)25-44(39)71-20-18-36(29-71)69(7)8)66-53-60-34-62-55(68-53)74-32-57(5,6)51-46(74)22-35(27-58-51)28-70(9)37-19-21-72(30-37)45-26-48(78-11)42(24-40(45)64-50(76)13-2)65-52-59-33-61-54(67-52)73-31-56(3,4)38-16-14-15-17-43(38)73/h12-17,22-27,33-34,36-37H,1-2,18-21,28-32H2,3-11H3,(H,63,75)(H,64,76)(H,59,61,65,67)(H,60,62,66,68)/t36-,37-/m1/s1. The van der Waals surface area contributed by atoms with Crippen molar-refractivity contribution in [3.63, 3.8) is 0 Å². The van der Waals surface area contributed by atoms with E-state index in [0.717, 1.165) is 66.5 Å². The molecule has 2 amide bonds. The van der Waals surface area contributed by atoms with E-state index in [0.29, 0.717) is 90.3 Å². The van der Waals surface area contributed by atoms with Crippen LogP contribution in [0.1, 0.15) is 57.4 Å². The second kappa shape index (κ2) is 21.5. The molecule has 3 aromatic carbocycles. The van der Waals surface area contributed by atoms with Gasteiger partial charge in [-0.3, -0.25) is 19.5 Å². The van der Waals surface area contributed by atoms with Gasteiger partial charge in [-0.05, 0) is 81.5 Å². The Kier molecular flexibility index (Phi) is 14.6. The van der Waals surface area contributed by atoms with Gasteiger partial charge >= 0.3 is 0 Å². The highest BCUT2D eigenvalue weighted by Crippen LogP contribution is 2.46. The summed E-state index contributed by atoms with van der Waals surface area (Å²) in [4.78, 5) is 72.0. The smallest absolute Gasteiger partial charge is 0.247 e. The van der Waals surface area contributed by atoms with Crippen LogP contribution in [-0.4, -0.2) is 143 Å². The molecule has 2 atom stereocenters. The van der Waals surface area contributed by atoms with Crippen LogP contribution in [0, 0.1) is 0 Å². The van der Waals surface area contributed by atoms with Crippen LogP contribution < -0.4 is 50.3 Å². The quantitative estimate of drug-likeness (QED) is 0.0603. The second-order valence-corrected chi connectivity index (χ2v) is 21.8.